The Hall–Kier alpha value is -3.03. The molecule has 0 amide bonds. The van der Waals surface area contributed by atoms with Crippen molar-refractivity contribution in [1.29, 1.82) is 0 Å². The predicted octanol–water partition coefficient (Wildman–Crippen LogP) is 5.99. The fourth-order valence-electron chi connectivity index (χ4n) is 6.78. The maximum absolute atomic E-state index is 14.9. The van der Waals surface area contributed by atoms with Crippen LogP contribution >= 0.6 is 0 Å². The number of benzene rings is 5. The molecule has 44 heavy (non-hydrogen) atoms. The number of quaternary nitrogens is 1. The Bertz CT molecular complexity index is 1810. The summed E-state index contributed by atoms with van der Waals surface area (Å²) < 4.78 is 32.3. The van der Waals surface area contributed by atoms with E-state index in [0.717, 1.165) is 59.6 Å². The van der Waals surface area contributed by atoms with Crippen LogP contribution in [0.4, 0.5) is 0 Å². The Balaban J connectivity index is 0.00000442. The van der Waals surface area contributed by atoms with E-state index in [1.807, 2.05) is 52.8 Å². The van der Waals surface area contributed by atoms with Gasteiger partial charge in [0.1, 0.15) is 6.54 Å². The fourth-order valence-corrected chi connectivity index (χ4v) is 8.51. The van der Waals surface area contributed by atoms with Gasteiger partial charge < -0.3 is 21.5 Å². The molecule has 1 atom stereocenters. The third-order valence-corrected chi connectivity index (χ3v) is 10.9. The quantitative estimate of drug-likeness (QED) is 0.121. The minimum atomic E-state index is -3.86. The van der Waals surface area contributed by atoms with E-state index in [2.05, 4.69) is 83.1 Å². The summed E-state index contributed by atoms with van der Waals surface area (Å²) in [6.45, 7) is 13.6. The molecule has 232 valence electrons. The molecule has 0 bridgehead atoms. The third kappa shape index (κ3) is 7.10. The molecule has 4 nitrogen and oxygen atoms in total. The lowest BCUT2D eigenvalue weighted by molar-refractivity contribution is -0.969. The Kier molecular flexibility index (Phi) is 11.1. The first-order valence-electron chi connectivity index (χ1n) is 15.6. The summed E-state index contributed by atoms with van der Waals surface area (Å²) in [7, 11) is -3.86. The standard InChI is InChI=1S/C38H45N2O2S.BrH/c1-6-13-38(40(7-2,8-3)28-32-23-29(4)22-30(5)24-32)39(27-31-18-19-33-14-9-11-16-35(33)25-31)43(41,42)37-21-20-34-15-10-12-17-36(34)26-37;/h9-12,14-26,38H,6-8,13,27-28H2,1-5H3;1H/q+1;/p-1. The highest BCUT2D eigenvalue weighted by atomic mass is 79.9. The van der Waals surface area contributed by atoms with Gasteiger partial charge in [0.25, 0.3) is 0 Å². The van der Waals surface area contributed by atoms with Crippen molar-refractivity contribution in [3.05, 3.63) is 125 Å². The summed E-state index contributed by atoms with van der Waals surface area (Å²) in [5, 5.41) is 4.25. The Morgan fingerprint density at radius 2 is 1.20 bits per heavy atom. The molecule has 5 rings (SSSR count). The van der Waals surface area contributed by atoms with Crippen LogP contribution in [0, 0.1) is 13.8 Å². The number of sulfonamides is 1. The van der Waals surface area contributed by atoms with Gasteiger partial charge in [-0.25, -0.2) is 8.42 Å². The molecule has 0 saturated heterocycles. The summed E-state index contributed by atoms with van der Waals surface area (Å²) in [5.41, 5.74) is 4.74. The van der Waals surface area contributed by atoms with Crippen molar-refractivity contribution in [1.82, 2.24) is 4.31 Å². The second kappa shape index (κ2) is 14.4. The number of fused-ring (bicyclic) bond motifs is 2. The van der Waals surface area contributed by atoms with Gasteiger partial charge in [-0.2, -0.15) is 0 Å². The molecule has 0 spiro atoms. The number of aryl methyl sites for hydroxylation is 2. The summed E-state index contributed by atoms with van der Waals surface area (Å²) >= 11 is 0. The van der Waals surface area contributed by atoms with E-state index in [1.165, 1.54) is 16.7 Å². The molecule has 0 aliphatic heterocycles. The van der Waals surface area contributed by atoms with Crippen molar-refractivity contribution in [2.24, 2.45) is 0 Å². The second-order valence-corrected chi connectivity index (χ2v) is 13.9. The van der Waals surface area contributed by atoms with E-state index in [-0.39, 0.29) is 23.1 Å². The fraction of sp³-hybridized carbons (Fsp3) is 0.316. The number of hydrogen-bond donors (Lipinski definition) is 0. The van der Waals surface area contributed by atoms with Crippen LogP contribution in [0.15, 0.2) is 108 Å². The second-order valence-electron chi connectivity index (χ2n) is 12.0. The number of halogens is 1. The lowest BCUT2D eigenvalue weighted by atomic mass is 10.0. The summed E-state index contributed by atoms with van der Waals surface area (Å²) in [5.74, 6) is 0. The summed E-state index contributed by atoms with van der Waals surface area (Å²) in [4.78, 5) is 0.352. The van der Waals surface area contributed by atoms with Crippen LogP contribution in [0.3, 0.4) is 0 Å². The van der Waals surface area contributed by atoms with Crippen molar-refractivity contribution in [3.63, 3.8) is 0 Å². The largest absolute Gasteiger partial charge is 1.00 e. The highest BCUT2D eigenvalue weighted by molar-refractivity contribution is 7.89. The van der Waals surface area contributed by atoms with Gasteiger partial charge in [0, 0.05) is 18.5 Å². The average molecular weight is 674 g/mol. The van der Waals surface area contributed by atoms with Crippen LogP contribution in [0.5, 0.6) is 0 Å². The van der Waals surface area contributed by atoms with Crippen molar-refractivity contribution in [2.45, 2.75) is 71.6 Å². The van der Waals surface area contributed by atoms with Gasteiger partial charge in [0.2, 0.25) is 10.0 Å². The minimum Gasteiger partial charge on any atom is -1.00 e. The first-order chi connectivity index (χ1) is 20.7. The molecule has 0 saturated carbocycles. The van der Waals surface area contributed by atoms with Gasteiger partial charge in [0.05, 0.1) is 18.0 Å². The molecular weight excluding hydrogens is 628 g/mol. The molecule has 0 radical (unpaired) electrons. The third-order valence-electron chi connectivity index (χ3n) is 9.03. The van der Waals surface area contributed by atoms with E-state index in [9.17, 15) is 8.42 Å². The van der Waals surface area contributed by atoms with Gasteiger partial charge in [0.15, 0.2) is 6.17 Å². The van der Waals surface area contributed by atoms with Gasteiger partial charge in [-0.1, -0.05) is 103 Å². The Labute approximate surface area is 274 Å². The van der Waals surface area contributed by atoms with Crippen molar-refractivity contribution in [2.75, 3.05) is 13.1 Å². The highest BCUT2D eigenvalue weighted by Gasteiger charge is 2.44. The molecule has 5 aromatic rings. The maximum atomic E-state index is 14.9. The average Bonchev–Trinajstić information content (AvgIpc) is 3.01. The first-order valence-corrected chi connectivity index (χ1v) is 17.0. The van der Waals surface area contributed by atoms with Crippen LogP contribution in [0.1, 0.15) is 55.9 Å². The van der Waals surface area contributed by atoms with E-state index < -0.39 is 10.0 Å². The zero-order chi connectivity index (χ0) is 30.6. The molecule has 0 heterocycles. The van der Waals surface area contributed by atoms with Crippen molar-refractivity contribution >= 4 is 31.6 Å². The van der Waals surface area contributed by atoms with Crippen LogP contribution in [0.2, 0.25) is 0 Å². The van der Waals surface area contributed by atoms with Gasteiger partial charge >= 0.3 is 0 Å². The molecule has 0 N–H and O–H groups in total. The van der Waals surface area contributed by atoms with E-state index >= 15 is 0 Å². The topological polar surface area (TPSA) is 37.4 Å². The number of rotatable bonds is 12. The van der Waals surface area contributed by atoms with Crippen LogP contribution < -0.4 is 17.0 Å². The van der Waals surface area contributed by atoms with Gasteiger partial charge in [-0.3, -0.25) is 0 Å². The predicted molar refractivity (Wildman–Crippen MR) is 180 cm³/mol. The zero-order valence-corrected chi connectivity index (χ0v) is 29.0. The summed E-state index contributed by atoms with van der Waals surface area (Å²) in [6.07, 6.45) is 1.43. The van der Waals surface area contributed by atoms with Gasteiger partial charge in [-0.05, 0) is 79.4 Å². The molecule has 1 unspecified atom stereocenters. The zero-order valence-electron chi connectivity index (χ0n) is 26.6. The monoisotopic (exact) mass is 672 g/mol. The molecule has 6 heteroatoms. The lowest BCUT2D eigenvalue weighted by Crippen LogP contribution is -3.00. The SMILES string of the molecule is CCCC(N(Cc1ccc2ccccc2c1)S(=O)(=O)c1ccc2ccccc2c1)[N+](CC)(CC)Cc1cc(C)cc(C)c1.[Br-]. The van der Waals surface area contributed by atoms with Crippen LogP contribution in [-0.4, -0.2) is 36.5 Å². The van der Waals surface area contributed by atoms with E-state index in [4.69, 9.17) is 0 Å². The normalized spacial score (nSPS) is 12.9. The highest BCUT2D eigenvalue weighted by Crippen LogP contribution is 2.33. The number of nitrogens with zero attached hydrogens (tertiary/aromatic N) is 2. The van der Waals surface area contributed by atoms with Crippen LogP contribution in [-0.2, 0) is 23.1 Å². The maximum Gasteiger partial charge on any atom is 0.248 e. The molecule has 0 fully saturated rings. The summed E-state index contributed by atoms with van der Waals surface area (Å²) in [6, 6.07) is 34.9. The smallest absolute Gasteiger partial charge is 0.248 e. The van der Waals surface area contributed by atoms with Gasteiger partial charge in [-0.15, -0.1) is 4.31 Å². The van der Waals surface area contributed by atoms with Crippen molar-refractivity contribution < 1.29 is 29.9 Å². The lowest BCUT2D eigenvalue weighted by Gasteiger charge is -2.47. The molecule has 5 aromatic carbocycles. The van der Waals surface area contributed by atoms with E-state index in [1.54, 1.807) is 6.07 Å². The van der Waals surface area contributed by atoms with E-state index in [0.29, 0.717) is 15.9 Å². The Morgan fingerprint density at radius 1 is 0.659 bits per heavy atom. The Morgan fingerprint density at radius 3 is 1.77 bits per heavy atom. The molecular formula is C38H45BrN2O2S. The number of hydrogen-bond acceptors (Lipinski definition) is 2. The molecule has 0 aromatic heterocycles. The van der Waals surface area contributed by atoms with Crippen molar-refractivity contribution in [3.8, 4) is 0 Å². The first kappa shape index (κ1) is 33.9. The van der Waals surface area contributed by atoms with Crippen LogP contribution in [0.25, 0.3) is 21.5 Å². The molecule has 0 aliphatic carbocycles. The minimum absolute atomic E-state index is 0. The molecule has 0 aliphatic rings.